The van der Waals surface area contributed by atoms with Gasteiger partial charge in [0, 0.05) is 11.8 Å². The van der Waals surface area contributed by atoms with Crippen LogP contribution in [0.4, 0.5) is 5.82 Å². The van der Waals surface area contributed by atoms with Gasteiger partial charge in [0.1, 0.15) is 11.6 Å². The van der Waals surface area contributed by atoms with Crippen LogP contribution in [0.25, 0.3) is 16.9 Å². The van der Waals surface area contributed by atoms with Crippen molar-refractivity contribution in [3.05, 3.63) is 48.5 Å². The summed E-state index contributed by atoms with van der Waals surface area (Å²) in [5, 5.41) is 21.2. The average Bonchev–Trinajstić information content (AvgIpc) is 3.12. The number of imidazole rings is 1. The summed E-state index contributed by atoms with van der Waals surface area (Å²) in [7, 11) is 1.64. The number of hydrogen-bond acceptors (Lipinski definition) is 6. The maximum Gasteiger partial charge on any atom is 0.148 e. The van der Waals surface area contributed by atoms with Gasteiger partial charge in [0.25, 0.3) is 0 Å². The van der Waals surface area contributed by atoms with Gasteiger partial charge in [0.05, 0.1) is 43.2 Å². The van der Waals surface area contributed by atoms with Crippen molar-refractivity contribution in [3.63, 3.8) is 0 Å². The fraction of sp³-hybridized carbons (Fsp3) is 0.350. The Hall–Kier alpha value is -2.93. The first kappa shape index (κ1) is 18.8. The zero-order valence-corrected chi connectivity index (χ0v) is 16.0. The van der Waals surface area contributed by atoms with E-state index < -0.39 is 0 Å². The summed E-state index contributed by atoms with van der Waals surface area (Å²) in [6, 6.07) is 9.61. The second-order valence-corrected chi connectivity index (χ2v) is 6.79. The number of methoxy groups -OCH3 is 1. The van der Waals surface area contributed by atoms with Gasteiger partial charge in [0.15, 0.2) is 0 Å². The Kier molecular flexibility index (Phi) is 5.71. The lowest BCUT2D eigenvalue weighted by molar-refractivity contribution is 0.249. The highest BCUT2D eigenvalue weighted by molar-refractivity contribution is 5.65. The quantitative estimate of drug-likeness (QED) is 0.668. The molecule has 27 heavy (non-hydrogen) atoms. The minimum Gasteiger partial charge on any atom is -0.495 e. The fourth-order valence-corrected chi connectivity index (χ4v) is 2.78. The molecule has 2 heterocycles. The lowest BCUT2D eigenvalue weighted by atomic mass is 10.1. The highest BCUT2D eigenvalue weighted by atomic mass is 16.5. The third-order valence-corrected chi connectivity index (χ3v) is 4.46. The largest absolute Gasteiger partial charge is 0.495 e. The molecule has 0 fully saturated rings. The Labute approximate surface area is 159 Å². The standard InChI is InChI=1S/C20H25N5O2/c1-13(2)17(11-26)22-20-8-6-16(23-24-20)15-5-7-18(19(9-15)27-4)25-10-14(3)21-12-25/h5-10,12-13,17,26H,11H2,1-4H3,(H,22,24)/t17-/m0/s1. The Balaban J connectivity index is 1.84. The predicted octanol–water partition coefficient (Wildman–Crippen LogP) is 3.08. The molecular weight excluding hydrogens is 342 g/mol. The van der Waals surface area contributed by atoms with E-state index in [4.69, 9.17) is 4.74 Å². The van der Waals surface area contributed by atoms with E-state index in [1.54, 1.807) is 13.4 Å². The van der Waals surface area contributed by atoms with Crippen molar-refractivity contribution in [2.24, 2.45) is 5.92 Å². The summed E-state index contributed by atoms with van der Waals surface area (Å²) < 4.78 is 7.48. The SMILES string of the molecule is COc1cc(-c2ccc(N[C@@H](CO)C(C)C)nn2)ccc1-n1cnc(C)c1. The number of hydrogen-bond donors (Lipinski definition) is 2. The van der Waals surface area contributed by atoms with Crippen LogP contribution in [0.1, 0.15) is 19.5 Å². The number of aryl methyl sites for hydroxylation is 1. The Morgan fingerprint density at radius 1 is 1.19 bits per heavy atom. The van der Waals surface area contributed by atoms with Crippen LogP contribution >= 0.6 is 0 Å². The van der Waals surface area contributed by atoms with Crippen molar-refractivity contribution in [2.45, 2.75) is 26.8 Å². The van der Waals surface area contributed by atoms with Crippen LogP contribution in [-0.4, -0.2) is 44.6 Å². The first-order valence-corrected chi connectivity index (χ1v) is 8.92. The van der Waals surface area contributed by atoms with Gasteiger partial charge in [-0.2, -0.15) is 0 Å². The summed E-state index contributed by atoms with van der Waals surface area (Å²) in [6.07, 6.45) is 3.71. The number of aliphatic hydroxyl groups is 1. The molecule has 2 aromatic heterocycles. The zero-order chi connectivity index (χ0) is 19.4. The highest BCUT2D eigenvalue weighted by Crippen LogP contribution is 2.29. The molecule has 142 valence electrons. The molecule has 0 saturated heterocycles. The number of nitrogens with one attached hydrogen (secondary N) is 1. The molecule has 0 saturated carbocycles. The summed E-state index contributed by atoms with van der Waals surface area (Å²) in [5.74, 6) is 1.66. The van der Waals surface area contributed by atoms with E-state index in [9.17, 15) is 5.11 Å². The third kappa shape index (κ3) is 4.25. The van der Waals surface area contributed by atoms with E-state index in [1.165, 1.54) is 0 Å². The van der Waals surface area contributed by atoms with Crippen LogP contribution in [0, 0.1) is 12.8 Å². The molecular formula is C20H25N5O2. The molecule has 3 rings (SSSR count). The zero-order valence-electron chi connectivity index (χ0n) is 16.0. The van der Waals surface area contributed by atoms with E-state index in [0.717, 1.165) is 28.4 Å². The van der Waals surface area contributed by atoms with Gasteiger partial charge in [-0.3, -0.25) is 0 Å². The molecule has 0 amide bonds. The number of ether oxygens (including phenoxy) is 1. The molecule has 3 aromatic rings. The molecule has 1 aromatic carbocycles. The average molecular weight is 367 g/mol. The molecule has 0 aliphatic carbocycles. The number of benzene rings is 1. The van der Waals surface area contributed by atoms with Crippen LogP contribution in [0.5, 0.6) is 5.75 Å². The first-order chi connectivity index (χ1) is 13.0. The maximum absolute atomic E-state index is 9.44. The molecule has 2 N–H and O–H groups in total. The van der Waals surface area contributed by atoms with Crippen molar-refractivity contribution < 1.29 is 9.84 Å². The molecule has 0 unspecified atom stereocenters. The van der Waals surface area contributed by atoms with Crippen LogP contribution in [-0.2, 0) is 0 Å². The monoisotopic (exact) mass is 367 g/mol. The lowest BCUT2D eigenvalue weighted by Gasteiger charge is -2.20. The van der Waals surface area contributed by atoms with Crippen molar-refractivity contribution in [1.29, 1.82) is 0 Å². The topological polar surface area (TPSA) is 85.1 Å². The third-order valence-electron chi connectivity index (χ3n) is 4.46. The number of rotatable bonds is 7. The number of aromatic nitrogens is 4. The molecule has 1 atom stereocenters. The van der Waals surface area contributed by atoms with Gasteiger partial charge in [-0.25, -0.2) is 4.98 Å². The minimum atomic E-state index is -0.0526. The molecule has 0 aliphatic heterocycles. The van der Waals surface area contributed by atoms with Gasteiger partial charge in [-0.05, 0) is 37.1 Å². The first-order valence-electron chi connectivity index (χ1n) is 8.92. The highest BCUT2D eigenvalue weighted by Gasteiger charge is 2.13. The van der Waals surface area contributed by atoms with Crippen LogP contribution in [0.3, 0.4) is 0 Å². The second-order valence-electron chi connectivity index (χ2n) is 6.79. The van der Waals surface area contributed by atoms with E-state index in [0.29, 0.717) is 11.7 Å². The molecule has 0 aliphatic rings. The number of anilines is 1. The Morgan fingerprint density at radius 2 is 2.00 bits per heavy atom. The van der Waals surface area contributed by atoms with Crippen molar-refractivity contribution >= 4 is 5.82 Å². The second kappa shape index (κ2) is 8.18. The van der Waals surface area contributed by atoms with Gasteiger partial charge < -0.3 is 19.7 Å². The van der Waals surface area contributed by atoms with E-state index in [2.05, 4.69) is 20.5 Å². The molecule has 0 radical (unpaired) electrons. The Bertz CT molecular complexity index is 890. The van der Waals surface area contributed by atoms with Crippen LogP contribution in [0.15, 0.2) is 42.9 Å². The van der Waals surface area contributed by atoms with E-state index in [-0.39, 0.29) is 12.6 Å². The van der Waals surface area contributed by atoms with Gasteiger partial charge >= 0.3 is 0 Å². The van der Waals surface area contributed by atoms with Crippen LogP contribution in [0.2, 0.25) is 0 Å². The fourth-order valence-electron chi connectivity index (χ4n) is 2.78. The normalized spacial score (nSPS) is 12.2. The Morgan fingerprint density at radius 3 is 2.56 bits per heavy atom. The van der Waals surface area contributed by atoms with E-state index >= 15 is 0 Å². The summed E-state index contributed by atoms with van der Waals surface area (Å²) in [6.45, 7) is 6.09. The summed E-state index contributed by atoms with van der Waals surface area (Å²) in [4.78, 5) is 4.26. The minimum absolute atomic E-state index is 0.0491. The molecule has 7 nitrogen and oxygen atoms in total. The maximum atomic E-state index is 9.44. The van der Waals surface area contributed by atoms with E-state index in [1.807, 2.05) is 61.9 Å². The number of nitrogens with zero attached hydrogens (tertiary/aromatic N) is 4. The van der Waals surface area contributed by atoms with Gasteiger partial charge in [-0.15, -0.1) is 10.2 Å². The summed E-state index contributed by atoms with van der Waals surface area (Å²) in [5.41, 5.74) is 3.51. The molecule has 7 heteroatoms. The van der Waals surface area contributed by atoms with Gasteiger partial charge in [0.2, 0.25) is 0 Å². The van der Waals surface area contributed by atoms with Gasteiger partial charge in [-0.1, -0.05) is 19.9 Å². The van der Waals surface area contributed by atoms with Crippen molar-refractivity contribution in [2.75, 3.05) is 19.0 Å². The van der Waals surface area contributed by atoms with Crippen molar-refractivity contribution in [3.8, 4) is 22.7 Å². The summed E-state index contributed by atoms with van der Waals surface area (Å²) >= 11 is 0. The smallest absolute Gasteiger partial charge is 0.148 e. The van der Waals surface area contributed by atoms with Crippen LogP contribution < -0.4 is 10.1 Å². The molecule has 0 bridgehead atoms. The molecule has 0 spiro atoms. The lowest BCUT2D eigenvalue weighted by Crippen LogP contribution is -2.29. The predicted molar refractivity (Wildman–Crippen MR) is 105 cm³/mol. The number of aliphatic hydroxyl groups excluding tert-OH is 1. The van der Waals surface area contributed by atoms with Crippen molar-refractivity contribution in [1.82, 2.24) is 19.7 Å².